The maximum atomic E-state index is 4.32. The van der Waals surface area contributed by atoms with Crippen molar-refractivity contribution in [3.05, 3.63) is 12.2 Å². The first kappa shape index (κ1) is 17.3. The largest absolute Gasteiger partial charge is 0.356 e. The number of guanidine groups is 1. The van der Waals surface area contributed by atoms with Crippen LogP contribution >= 0.6 is 0 Å². The second-order valence-corrected chi connectivity index (χ2v) is 7.20. The van der Waals surface area contributed by atoms with E-state index in [1.165, 1.54) is 38.9 Å². The lowest BCUT2D eigenvalue weighted by Gasteiger charge is -2.34. The molecule has 0 radical (unpaired) electrons. The Hall–Kier alpha value is -1.03. The number of likely N-dealkylation sites (tertiary alicyclic amines) is 1. The van der Waals surface area contributed by atoms with E-state index >= 15 is 0 Å². The first-order chi connectivity index (χ1) is 10.7. The fraction of sp³-hybridized carbons (Fsp3) is 0.833. The summed E-state index contributed by atoms with van der Waals surface area (Å²) in [5, 5.41) is 6.93. The van der Waals surface area contributed by atoms with Crippen LogP contribution in [0.25, 0.3) is 0 Å². The van der Waals surface area contributed by atoms with Crippen LogP contribution in [0.4, 0.5) is 0 Å². The van der Waals surface area contributed by atoms with Crippen LogP contribution in [0, 0.1) is 11.8 Å². The number of unbranched alkanes of at least 4 members (excludes halogenated alkanes) is 1. The minimum atomic E-state index is 0.530. The predicted molar refractivity (Wildman–Crippen MR) is 95.3 cm³/mol. The lowest BCUT2D eigenvalue weighted by atomic mass is 9.92. The molecule has 2 N–H and O–H groups in total. The molecule has 126 valence electrons. The standard InChI is InChI=1S/C18H34N4/c1-15-12-16(2)14-22(13-15)11-7-6-10-20-18(19-3)21-17-8-4-5-9-17/h4-5,15-17H,6-14H2,1-3H3,(H2,19,20,21). The average molecular weight is 306 g/mol. The summed E-state index contributed by atoms with van der Waals surface area (Å²) in [6.45, 7) is 9.61. The molecular formula is C18H34N4. The number of nitrogens with zero attached hydrogens (tertiary/aromatic N) is 2. The van der Waals surface area contributed by atoms with E-state index in [-0.39, 0.29) is 0 Å². The Morgan fingerprint density at radius 3 is 2.45 bits per heavy atom. The highest BCUT2D eigenvalue weighted by molar-refractivity contribution is 5.80. The Balaban J connectivity index is 1.54. The molecule has 0 bridgehead atoms. The smallest absolute Gasteiger partial charge is 0.191 e. The molecule has 0 aromatic heterocycles. The fourth-order valence-electron chi connectivity index (χ4n) is 3.76. The third-order valence-corrected chi connectivity index (χ3v) is 4.71. The summed E-state index contributed by atoms with van der Waals surface area (Å²) in [6, 6.07) is 0.530. The normalized spacial score (nSPS) is 27.3. The Morgan fingerprint density at radius 2 is 1.82 bits per heavy atom. The third kappa shape index (κ3) is 5.99. The highest BCUT2D eigenvalue weighted by Gasteiger charge is 2.20. The summed E-state index contributed by atoms with van der Waals surface area (Å²) in [4.78, 5) is 6.96. The molecule has 1 saturated heterocycles. The predicted octanol–water partition coefficient (Wildman–Crippen LogP) is 2.63. The molecule has 0 aromatic carbocycles. The van der Waals surface area contributed by atoms with Gasteiger partial charge in [0.2, 0.25) is 0 Å². The van der Waals surface area contributed by atoms with Crippen molar-refractivity contribution in [3.8, 4) is 0 Å². The van der Waals surface area contributed by atoms with Gasteiger partial charge in [0.05, 0.1) is 0 Å². The molecule has 4 heteroatoms. The van der Waals surface area contributed by atoms with Crippen LogP contribution in [0.2, 0.25) is 0 Å². The van der Waals surface area contributed by atoms with Gasteiger partial charge in [-0.3, -0.25) is 4.99 Å². The lowest BCUT2D eigenvalue weighted by molar-refractivity contribution is 0.139. The SMILES string of the molecule is CN=C(NCCCCN1CC(C)CC(C)C1)NC1CC=CC1. The molecule has 2 unspecified atom stereocenters. The maximum absolute atomic E-state index is 4.32. The topological polar surface area (TPSA) is 39.7 Å². The quantitative estimate of drug-likeness (QED) is 0.343. The van der Waals surface area contributed by atoms with Crippen LogP contribution in [0.3, 0.4) is 0 Å². The van der Waals surface area contributed by atoms with Crippen LogP contribution in [0.5, 0.6) is 0 Å². The highest BCUT2D eigenvalue weighted by atomic mass is 15.2. The van der Waals surface area contributed by atoms with E-state index in [4.69, 9.17) is 0 Å². The lowest BCUT2D eigenvalue weighted by Crippen LogP contribution is -2.43. The number of nitrogens with one attached hydrogen (secondary N) is 2. The highest BCUT2D eigenvalue weighted by Crippen LogP contribution is 2.20. The van der Waals surface area contributed by atoms with Crippen molar-refractivity contribution in [1.29, 1.82) is 0 Å². The van der Waals surface area contributed by atoms with E-state index in [1.807, 2.05) is 7.05 Å². The summed E-state index contributed by atoms with van der Waals surface area (Å²) in [6.07, 6.45) is 10.6. The van der Waals surface area contributed by atoms with Gasteiger partial charge < -0.3 is 15.5 Å². The molecule has 4 nitrogen and oxygen atoms in total. The van der Waals surface area contributed by atoms with Gasteiger partial charge in [-0.05, 0) is 50.5 Å². The molecule has 1 heterocycles. The summed E-state index contributed by atoms with van der Waals surface area (Å²) < 4.78 is 0. The van der Waals surface area contributed by atoms with Gasteiger partial charge in [-0.15, -0.1) is 0 Å². The van der Waals surface area contributed by atoms with Crippen LogP contribution in [-0.4, -0.2) is 50.1 Å². The van der Waals surface area contributed by atoms with E-state index in [0.29, 0.717) is 6.04 Å². The van der Waals surface area contributed by atoms with Crippen molar-refractivity contribution < 1.29 is 0 Å². The van der Waals surface area contributed by atoms with Crippen molar-refractivity contribution in [2.24, 2.45) is 16.8 Å². The molecule has 0 saturated carbocycles. The van der Waals surface area contributed by atoms with Crippen LogP contribution < -0.4 is 10.6 Å². The molecule has 2 rings (SSSR count). The molecule has 0 aromatic rings. The molecular weight excluding hydrogens is 272 g/mol. The Bertz CT molecular complexity index is 359. The fourth-order valence-corrected chi connectivity index (χ4v) is 3.76. The molecule has 0 amide bonds. The summed E-state index contributed by atoms with van der Waals surface area (Å²) in [5.74, 6) is 2.68. The number of rotatable bonds is 6. The zero-order chi connectivity index (χ0) is 15.8. The summed E-state index contributed by atoms with van der Waals surface area (Å²) in [7, 11) is 1.86. The van der Waals surface area contributed by atoms with E-state index in [2.05, 4.69) is 46.5 Å². The number of aliphatic imine (C=N–C) groups is 1. The van der Waals surface area contributed by atoms with Gasteiger partial charge in [0.1, 0.15) is 0 Å². The minimum absolute atomic E-state index is 0.530. The first-order valence-corrected chi connectivity index (χ1v) is 9.02. The van der Waals surface area contributed by atoms with Crippen molar-refractivity contribution in [2.45, 2.75) is 52.0 Å². The molecule has 1 aliphatic heterocycles. The number of hydrogen-bond donors (Lipinski definition) is 2. The average Bonchev–Trinajstić information content (AvgIpc) is 2.97. The second kappa shape index (κ2) is 9.19. The van der Waals surface area contributed by atoms with Crippen molar-refractivity contribution in [1.82, 2.24) is 15.5 Å². The monoisotopic (exact) mass is 306 g/mol. The van der Waals surface area contributed by atoms with Gasteiger partial charge in [0.15, 0.2) is 5.96 Å². The molecule has 0 spiro atoms. The van der Waals surface area contributed by atoms with Gasteiger partial charge in [0, 0.05) is 32.7 Å². The summed E-state index contributed by atoms with van der Waals surface area (Å²) in [5.41, 5.74) is 0. The van der Waals surface area contributed by atoms with Crippen molar-refractivity contribution in [3.63, 3.8) is 0 Å². The third-order valence-electron chi connectivity index (χ3n) is 4.71. The van der Waals surface area contributed by atoms with Crippen molar-refractivity contribution in [2.75, 3.05) is 33.2 Å². The van der Waals surface area contributed by atoms with E-state index in [0.717, 1.165) is 37.2 Å². The first-order valence-electron chi connectivity index (χ1n) is 9.02. The number of piperidine rings is 1. The van der Waals surface area contributed by atoms with E-state index < -0.39 is 0 Å². The zero-order valence-electron chi connectivity index (χ0n) is 14.6. The zero-order valence-corrected chi connectivity index (χ0v) is 14.6. The number of hydrogen-bond acceptors (Lipinski definition) is 2. The summed E-state index contributed by atoms with van der Waals surface area (Å²) >= 11 is 0. The molecule has 22 heavy (non-hydrogen) atoms. The van der Waals surface area contributed by atoms with E-state index in [9.17, 15) is 0 Å². The van der Waals surface area contributed by atoms with Crippen LogP contribution in [-0.2, 0) is 0 Å². The molecule has 1 fully saturated rings. The second-order valence-electron chi connectivity index (χ2n) is 7.20. The molecule has 1 aliphatic carbocycles. The van der Waals surface area contributed by atoms with Gasteiger partial charge in [0.25, 0.3) is 0 Å². The molecule has 2 atom stereocenters. The van der Waals surface area contributed by atoms with E-state index in [1.54, 1.807) is 0 Å². The van der Waals surface area contributed by atoms with Crippen molar-refractivity contribution >= 4 is 5.96 Å². The van der Waals surface area contributed by atoms with Crippen LogP contribution in [0.1, 0.15) is 46.0 Å². The van der Waals surface area contributed by atoms with Gasteiger partial charge in [-0.25, -0.2) is 0 Å². The Morgan fingerprint density at radius 1 is 1.14 bits per heavy atom. The maximum Gasteiger partial charge on any atom is 0.191 e. The van der Waals surface area contributed by atoms with Gasteiger partial charge >= 0.3 is 0 Å². The van der Waals surface area contributed by atoms with Gasteiger partial charge in [-0.1, -0.05) is 26.0 Å². The minimum Gasteiger partial charge on any atom is -0.356 e. The Labute approximate surface area is 136 Å². The van der Waals surface area contributed by atoms with Gasteiger partial charge in [-0.2, -0.15) is 0 Å². The Kier molecular flexibility index (Phi) is 7.23. The van der Waals surface area contributed by atoms with Crippen LogP contribution in [0.15, 0.2) is 17.1 Å². The molecule has 2 aliphatic rings.